The molecule has 0 amide bonds. The van der Waals surface area contributed by atoms with Gasteiger partial charge in [-0.1, -0.05) is 13.0 Å². The topological polar surface area (TPSA) is 56.7 Å². The van der Waals surface area contributed by atoms with Crippen molar-refractivity contribution in [2.45, 2.75) is 19.8 Å². The summed E-state index contributed by atoms with van der Waals surface area (Å²) in [6, 6.07) is 4.03. The fourth-order valence-electron chi connectivity index (χ4n) is 2.55. The Balaban J connectivity index is 2.08. The van der Waals surface area contributed by atoms with Crippen LogP contribution in [-0.2, 0) is 4.79 Å². The molecule has 1 N–H and O–H groups in total. The Morgan fingerprint density at radius 1 is 1.52 bits per heavy atom. The highest BCUT2D eigenvalue weighted by atomic mass is 16.4. The molecule has 5 heteroatoms. The van der Waals surface area contributed by atoms with Crippen LogP contribution in [0, 0.1) is 5.92 Å². The predicted octanol–water partition coefficient (Wildman–Crippen LogP) is 2.39. The molecule has 0 aliphatic carbocycles. The molecular weight excluding hydrogens is 266 g/mol. The van der Waals surface area contributed by atoms with E-state index in [1.807, 2.05) is 23.2 Å². The van der Waals surface area contributed by atoms with Crippen molar-refractivity contribution < 1.29 is 9.90 Å². The smallest absolute Gasteiger partial charge is 0.308 e. The van der Waals surface area contributed by atoms with Crippen LogP contribution in [-0.4, -0.2) is 42.2 Å². The average Bonchev–Trinajstić information content (AvgIpc) is 3.01. The fourth-order valence-corrected chi connectivity index (χ4v) is 2.55. The van der Waals surface area contributed by atoms with Gasteiger partial charge in [0.05, 0.1) is 17.8 Å². The van der Waals surface area contributed by atoms with Crippen molar-refractivity contribution in [2.24, 2.45) is 5.92 Å². The maximum absolute atomic E-state index is 11.0. The monoisotopic (exact) mass is 289 g/mol. The Kier molecular flexibility index (Phi) is 5.20. The molecule has 0 spiro atoms. The Hall–Kier alpha value is -2.04. The first kappa shape index (κ1) is 15.4. The van der Waals surface area contributed by atoms with Crippen LogP contribution in [0.15, 0.2) is 31.0 Å². The van der Waals surface area contributed by atoms with Gasteiger partial charge in [-0.15, -0.1) is 6.58 Å². The molecule has 2 heterocycles. The molecule has 1 atom stereocenters. The van der Waals surface area contributed by atoms with E-state index in [1.54, 1.807) is 13.0 Å². The molecule has 0 aromatic carbocycles. The summed E-state index contributed by atoms with van der Waals surface area (Å²) >= 11 is 0. The van der Waals surface area contributed by atoms with Crippen molar-refractivity contribution in [1.29, 1.82) is 0 Å². The number of pyridine rings is 1. The molecule has 0 radical (unpaired) electrons. The number of hydrogen-bond donors (Lipinski definition) is 1. The zero-order valence-electron chi connectivity index (χ0n) is 12.5. The molecule has 1 aromatic rings. The number of rotatable bonds is 7. The SMILES string of the molecule is C=CCN(CC(C)C(=O)O)c1ccc(N2CCCC2)nc1. The van der Waals surface area contributed by atoms with Gasteiger partial charge in [0, 0.05) is 26.2 Å². The van der Waals surface area contributed by atoms with E-state index in [9.17, 15) is 4.79 Å². The number of aromatic nitrogens is 1. The van der Waals surface area contributed by atoms with Gasteiger partial charge in [-0.3, -0.25) is 4.79 Å². The molecule has 1 saturated heterocycles. The highest BCUT2D eigenvalue weighted by molar-refractivity contribution is 5.70. The highest BCUT2D eigenvalue weighted by Gasteiger charge is 2.17. The molecule has 0 bridgehead atoms. The molecule has 1 aliphatic rings. The molecule has 21 heavy (non-hydrogen) atoms. The third-order valence-corrected chi connectivity index (χ3v) is 3.79. The van der Waals surface area contributed by atoms with Crippen LogP contribution >= 0.6 is 0 Å². The lowest BCUT2D eigenvalue weighted by atomic mass is 10.1. The lowest BCUT2D eigenvalue weighted by molar-refractivity contribution is -0.140. The van der Waals surface area contributed by atoms with Crippen LogP contribution in [0.1, 0.15) is 19.8 Å². The molecule has 5 nitrogen and oxygen atoms in total. The summed E-state index contributed by atoms with van der Waals surface area (Å²) < 4.78 is 0. The number of carboxylic acids is 1. The first-order valence-corrected chi connectivity index (χ1v) is 7.41. The van der Waals surface area contributed by atoms with Gasteiger partial charge >= 0.3 is 5.97 Å². The average molecular weight is 289 g/mol. The standard InChI is InChI=1S/C16H23N3O2/c1-3-8-19(12-13(2)16(20)21)14-6-7-15(17-11-14)18-9-4-5-10-18/h3,6-7,11,13H,1,4-5,8-10,12H2,2H3,(H,20,21). The van der Waals surface area contributed by atoms with Crippen LogP contribution in [0.2, 0.25) is 0 Å². The fraction of sp³-hybridized carbons (Fsp3) is 0.500. The Morgan fingerprint density at radius 2 is 2.24 bits per heavy atom. The van der Waals surface area contributed by atoms with E-state index < -0.39 is 11.9 Å². The Labute approximate surface area is 125 Å². The van der Waals surface area contributed by atoms with E-state index in [1.165, 1.54) is 12.8 Å². The molecule has 2 rings (SSSR count). The second-order valence-corrected chi connectivity index (χ2v) is 5.50. The molecule has 114 valence electrons. The van der Waals surface area contributed by atoms with Crippen LogP contribution in [0.3, 0.4) is 0 Å². The molecule has 0 saturated carbocycles. The van der Waals surface area contributed by atoms with Crippen molar-refractivity contribution >= 4 is 17.5 Å². The molecule has 1 aromatic heterocycles. The van der Waals surface area contributed by atoms with Crippen LogP contribution in [0.4, 0.5) is 11.5 Å². The molecule has 1 unspecified atom stereocenters. The second-order valence-electron chi connectivity index (χ2n) is 5.50. The van der Waals surface area contributed by atoms with Gasteiger partial charge < -0.3 is 14.9 Å². The van der Waals surface area contributed by atoms with Crippen molar-refractivity contribution in [1.82, 2.24) is 4.98 Å². The summed E-state index contributed by atoms with van der Waals surface area (Å²) in [6.07, 6.45) is 6.05. The van der Waals surface area contributed by atoms with Crippen molar-refractivity contribution in [2.75, 3.05) is 36.0 Å². The number of hydrogen-bond acceptors (Lipinski definition) is 4. The maximum Gasteiger partial charge on any atom is 0.308 e. The first-order chi connectivity index (χ1) is 10.1. The summed E-state index contributed by atoms with van der Waals surface area (Å²) in [7, 11) is 0. The van der Waals surface area contributed by atoms with Crippen molar-refractivity contribution in [3.8, 4) is 0 Å². The minimum atomic E-state index is -0.786. The lowest BCUT2D eigenvalue weighted by Crippen LogP contribution is -2.32. The quantitative estimate of drug-likeness (QED) is 0.781. The van der Waals surface area contributed by atoms with Gasteiger partial charge in [-0.25, -0.2) is 4.98 Å². The van der Waals surface area contributed by atoms with Gasteiger partial charge in [-0.05, 0) is 25.0 Å². The van der Waals surface area contributed by atoms with Gasteiger partial charge in [0.15, 0.2) is 0 Å². The van der Waals surface area contributed by atoms with E-state index in [-0.39, 0.29) is 0 Å². The lowest BCUT2D eigenvalue weighted by Gasteiger charge is -2.25. The number of nitrogens with zero attached hydrogens (tertiary/aromatic N) is 3. The minimum absolute atomic E-state index is 0.428. The summed E-state index contributed by atoms with van der Waals surface area (Å²) in [5.41, 5.74) is 0.936. The number of anilines is 2. The highest BCUT2D eigenvalue weighted by Crippen LogP contribution is 2.21. The Morgan fingerprint density at radius 3 is 2.76 bits per heavy atom. The summed E-state index contributed by atoms with van der Waals surface area (Å²) in [4.78, 5) is 19.8. The summed E-state index contributed by atoms with van der Waals surface area (Å²) in [6.45, 7) is 8.65. The molecular formula is C16H23N3O2. The first-order valence-electron chi connectivity index (χ1n) is 7.41. The Bertz CT molecular complexity index is 481. The normalized spacial score (nSPS) is 15.8. The van der Waals surface area contributed by atoms with Crippen LogP contribution < -0.4 is 9.80 Å². The largest absolute Gasteiger partial charge is 0.481 e. The maximum atomic E-state index is 11.0. The molecule has 1 aliphatic heterocycles. The summed E-state index contributed by atoms with van der Waals surface area (Å²) in [5.74, 6) is -0.213. The van der Waals surface area contributed by atoms with Gasteiger partial charge in [0.2, 0.25) is 0 Å². The zero-order chi connectivity index (χ0) is 15.2. The molecule has 1 fully saturated rings. The number of aliphatic carboxylic acids is 1. The van der Waals surface area contributed by atoms with Crippen LogP contribution in [0.25, 0.3) is 0 Å². The van der Waals surface area contributed by atoms with E-state index in [2.05, 4.69) is 16.5 Å². The van der Waals surface area contributed by atoms with Gasteiger partial charge in [0.1, 0.15) is 5.82 Å². The summed E-state index contributed by atoms with van der Waals surface area (Å²) in [5, 5.41) is 9.06. The van der Waals surface area contributed by atoms with Crippen molar-refractivity contribution in [3.05, 3.63) is 31.0 Å². The predicted molar refractivity (Wildman–Crippen MR) is 84.9 cm³/mol. The third-order valence-electron chi connectivity index (χ3n) is 3.79. The van der Waals surface area contributed by atoms with E-state index in [4.69, 9.17) is 5.11 Å². The van der Waals surface area contributed by atoms with E-state index in [0.29, 0.717) is 13.1 Å². The number of carboxylic acid groups (broad SMARTS) is 1. The van der Waals surface area contributed by atoms with Gasteiger partial charge in [-0.2, -0.15) is 0 Å². The number of carbonyl (C=O) groups is 1. The van der Waals surface area contributed by atoms with Crippen molar-refractivity contribution in [3.63, 3.8) is 0 Å². The van der Waals surface area contributed by atoms with Crippen LogP contribution in [0.5, 0.6) is 0 Å². The third kappa shape index (κ3) is 3.97. The second kappa shape index (κ2) is 7.11. The minimum Gasteiger partial charge on any atom is -0.481 e. The zero-order valence-corrected chi connectivity index (χ0v) is 12.5. The van der Waals surface area contributed by atoms with E-state index >= 15 is 0 Å². The van der Waals surface area contributed by atoms with E-state index in [0.717, 1.165) is 24.6 Å². The van der Waals surface area contributed by atoms with Gasteiger partial charge in [0.25, 0.3) is 0 Å².